The van der Waals surface area contributed by atoms with Gasteiger partial charge in [0.05, 0.1) is 24.1 Å². The summed E-state index contributed by atoms with van der Waals surface area (Å²) >= 11 is 0. The number of hydrogen-bond donors (Lipinski definition) is 0. The van der Waals surface area contributed by atoms with Gasteiger partial charge in [-0.1, -0.05) is 6.92 Å². The van der Waals surface area contributed by atoms with Gasteiger partial charge in [-0.2, -0.15) is 4.98 Å². The molecular weight excluding hydrogens is 230 g/mol. The zero-order valence-corrected chi connectivity index (χ0v) is 9.32. The van der Waals surface area contributed by atoms with Gasteiger partial charge in [-0.3, -0.25) is 19.5 Å². The predicted molar refractivity (Wildman–Crippen MR) is 56.3 cm³/mol. The lowest BCUT2D eigenvalue weighted by atomic mass is 10.2. The van der Waals surface area contributed by atoms with Crippen LogP contribution in [0.1, 0.15) is 6.92 Å². The molecule has 0 amide bonds. The summed E-state index contributed by atoms with van der Waals surface area (Å²) in [6.45, 7) is 1.54. The SMILES string of the molecule is COC(=O)C(C)Cn1cc([N+](=O)[O-])cnc1=O. The maximum atomic E-state index is 11.3. The Hall–Kier alpha value is -2.25. The van der Waals surface area contributed by atoms with Crippen molar-refractivity contribution in [2.24, 2.45) is 5.92 Å². The molecule has 0 bridgehead atoms. The molecular formula is C9H11N3O5. The number of nitro groups is 1. The molecule has 0 aromatic carbocycles. The van der Waals surface area contributed by atoms with E-state index in [1.54, 1.807) is 6.92 Å². The van der Waals surface area contributed by atoms with Gasteiger partial charge in [-0.15, -0.1) is 0 Å². The number of carbonyl (C=O) groups excluding carboxylic acids is 1. The summed E-state index contributed by atoms with van der Waals surface area (Å²) in [5, 5.41) is 10.5. The predicted octanol–water partition coefficient (Wildman–Crippen LogP) is -0.0394. The minimum atomic E-state index is -0.661. The Morgan fingerprint density at radius 3 is 2.88 bits per heavy atom. The van der Waals surface area contributed by atoms with E-state index in [9.17, 15) is 19.7 Å². The van der Waals surface area contributed by atoms with Gasteiger partial charge in [0.2, 0.25) is 0 Å². The van der Waals surface area contributed by atoms with Crippen LogP contribution >= 0.6 is 0 Å². The van der Waals surface area contributed by atoms with Gasteiger partial charge in [-0.25, -0.2) is 4.79 Å². The maximum absolute atomic E-state index is 11.3. The monoisotopic (exact) mass is 241 g/mol. The van der Waals surface area contributed by atoms with Gasteiger partial charge in [0.1, 0.15) is 6.20 Å². The fourth-order valence-electron chi connectivity index (χ4n) is 1.24. The third kappa shape index (κ3) is 3.10. The Balaban J connectivity index is 2.98. The Labute approximate surface area is 96.0 Å². The number of ether oxygens (including phenoxy) is 1. The average molecular weight is 241 g/mol. The molecule has 1 aromatic rings. The highest BCUT2D eigenvalue weighted by atomic mass is 16.6. The summed E-state index contributed by atoms with van der Waals surface area (Å²) in [6, 6.07) is 0. The molecule has 0 spiro atoms. The molecule has 0 fully saturated rings. The van der Waals surface area contributed by atoms with E-state index in [0.29, 0.717) is 0 Å². The van der Waals surface area contributed by atoms with E-state index in [1.807, 2.05) is 0 Å². The largest absolute Gasteiger partial charge is 0.469 e. The molecule has 17 heavy (non-hydrogen) atoms. The molecule has 8 heteroatoms. The molecule has 8 nitrogen and oxygen atoms in total. The van der Waals surface area contributed by atoms with Crippen molar-refractivity contribution in [1.82, 2.24) is 9.55 Å². The average Bonchev–Trinajstić information content (AvgIpc) is 2.30. The van der Waals surface area contributed by atoms with Crippen molar-refractivity contribution < 1.29 is 14.5 Å². The first-order chi connectivity index (χ1) is 7.95. The summed E-state index contributed by atoms with van der Waals surface area (Å²) < 4.78 is 5.51. The van der Waals surface area contributed by atoms with Crippen LogP contribution in [-0.4, -0.2) is 27.6 Å². The van der Waals surface area contributed by atoms with Gasteiger partial charge < -0.3 is 4.74 Å². The van der Waals surface area contributed by atoms with Gasteiger partial charge in [0, 0.05) is 6.54 Å². The van der Waals surface area contributed by atoms with Gasteiger partial charge in [0.25, 0.3) is 0 Å². The molecule has 0 saturated carbocycles. The fourth-order valence-corrected chi connectivity index (χ4v) is 1.24. The van der Waals surface area contributed by atoms with E-state index in [-0.39, 0.29) is 12.2 Å². The maximum Gasteiger partial charge on any atom is 0.347 e. The second-order valence-corrected chi connectivity index (χ2v) is 3.43. The quantitative estimate of drug-likeness (QED) is 0.416. The van der Waals surface area contributed by atoms with Gasteiger partial charge in [-0.05, 0) is 0 Å². The van der Waals surface area contributed by atoms with Gasteiger partial charge in [0.15, 0.2) is 0 Å². The molecule has 1 aromatic heterocycles. The van der Waals surface area contributed by atoms with Crippen molar-refractivity contribution in [2.75, 3.05) is 7.11 Å². The van der Waals surface area contributed by atoms with Crippen LogP contribution < -0.4 is 5.69 Å². The second kappa shape index (κ2) is 5.19. The third-order valence-corrected chi connectivity index (χ3v) is 2.13. The number of rotatable bonds is 4. The number of aromatic nitrogens is 2. The van der Waals surface area contributed by atoms with E-state index in [2.05, 4.69) is 9.72 Å². The summed E-state index contributed by atoms with van der Waals surface area (Å²) in [4.78, 5) is 35.7. The molecule has 0 N–H and O–H groups in total. The van der Waals surface area contributed by atoms with Crippen LogP contribution in [0.4, 0.5) is 5.69 Å². The lowest BCUT2D eigenvalue weighted by Gasteiger charge is -2.10. The molecule has 0 aliphatic carbocycles. The van der Waals surface area contributed by atoms with Crippen LogP contribution in [-0.2, 0) is 16.1 Å². The van der Waals surface area contributed by atoms with Crippen LogP contribution in [0.3, 0.4) is 0 Å². The molecule has 1 rings (SSSR count). The van der Waals surface area contributed by atoms with E-state index in [0.717, 1.165) is 17.0 Å². The molecule has 1 heterocycles. The number of methoxy groups -OCH3 is 1. The van der Waals surface area contributed by atoms with Crippen LogP contribution in [0.25, 0.3) is 0 Å². The van der Waals surface area contributed by atoms with Crippen LogP contribution in [0, 0.1) is 16.0 Å². The van der Waals surface area contributed by atoms with E-state index < -0.39 is 22.5 Å². The molecule has 1 unspecified atom stereocenters. The Morgan fingerprint density at radius 1 is 1.71 bits per heavy atom. The Bertz CT molecular complexity index is 496. The molecule has 1 atom stereocenters. The number of carbonyl (C=O) groups is 1. The fraction of sp³-hybridized carbons (Fsp3) is 0.444. The highest BCUT2D eigenvalue weighted by molar-refractivity contribution is 5.71. The number of hydrogen-bond acceptors (Lipinski definition) is 6. The van der Waals surface area contributed by atoms with Crippen LogP contribution in [0.5, 0.6) is 0 Å². The Morgan fingerprint density at radius 2 is 2.35 bits per heavy atom. The molecule has 0 aliphatic heterocycles. The van der Waals surface area contributed by atoms with Crippen molar-refractivity contribution in [3.8, 4) is 0 Å². The smallest absolute Gasteiger partial charge is 0.347 e. The van der Waals surface area contributed by atoms with Crippen molar-refractivity contribution in [2.45, 2.75) is 13.5 Å². The molecule has 0 saturated heterocycles. The van der Waals surface area contributed by atoms with Gasteiger partial charge >= 0.3 is 17.3 Å². The lowest BCUT2D eigenvalue weighted by Crippen LogP contribution is -2.28. The zero-order valence-electron chi connectivity index (χ0n) is 9.32. The molecule has 0 aliphatic rings. The van der Waals surface area contributed by atoms with Crippen LogP contribution in [0.2, 0.25) is 0 Å². The third-order valence-electron chi connectivity index (χ3n) is 2.13. The first-order valence-corrected chi connectivity index (χ1v) is 4.74. The topological polar surface area (TPSA) is 104 Å². The second-order valence-electron chi connectivity index (χ2n) is 3.43. The summed E-state index contributed by atoms with van der Waals surface area (Å²) in [5.41, 5.74) is -0.951. The lowest BCUT2D eigenvalue weighted by molar-refractivity contribution is -0.385. The van der Waals surface area contributed by atoms with E-state index in [4.69, 9.17) is 0 Å². The summed E-state index contributed by atoms with van der Waals surface area (Å²) in [6.07, 6.45) is 1.93. The number of nitrogens with zero attached hydrogens (tertiary/aromatic N) is 3. The van der Waals surface area contributed by atoms with Crippen molar-refractivity contribution >= 4 is 11.7 Å². The first kappa shape index (κ1) is 12.8. The minimum absolute atomic E-state index is 0.0137. The minimum Gasteiger partial charge on any atom is -0.469 e. The normalized spacial score (nSPS) is 11.9. The molecule has 92 valence electrons. The van der Waals surface area contributed by atoms with Crippen molar-refractivity contribution in [3.63, 3.8) is 0 Å². The van der Waals surface area contributed by atoms with E-state index >= 15 is 0 Å². The highest BCUT2D eigenvalue weighted by Gasteiger charge is 2.16. The van der Waals surface area contributed by atoms with Crippen molar-refractivity contribution in [3.05, 3.63) is 33.0 Å². The summed E-state index contributed by atoms with van der Waals surface area (Å²) in [7, 11) is 1.23. The molecule has 0 radical (unpaired) electrons. The van der Waals surface area contributed by atoms with Crippen molar-refractivity contribution in [1.29, 1.82) is 0 Å². The Kier molecular flexibility index (Phi) is 3.91. The van der Waals surface area contributed by atoms with Crippen LogP contribution in [0.15, 0.2) is 17.2 Å². The summed E-state index contributed by atoms with van der Waals surface area (Å²) in [5.74, 6) is -1.08. The highest BCUT2D eigenvalue weighted by Crippen LogP contribution is 2.07. The zero-order chi connectivity index (χ0) is 13.0. The van der Waals surface area contributed by atoms with E-state index in [1.165, 1.54) is 7.11 Å². The number of esters is 1. The first-order valence-electron chi connectivity index (χ1n) is 4.74. The standard InChI is InChI=1S/C9H11N3O5/c1-6(8(13)17-2)4-11-5-7(12(15)16)3-10-9(11)14/h3,5-6H,4H2,1-2H3.